The minimum atomic E-state index is 0.220. The second-order valence-corrected chi connectivity index (χ2v) is 6.16. The van der Waals surface area contributed by atoms with E-state index in [2.05, 4.69) is 26.1 Å². The maximum absolute atomic E-state index is 12.2. The highest BCUT2D eigenvalue weighted by Gasteiger charge is 2.29. The highest BCUT2D eigenvalue weighted by Crippen LogP contribution is 2.21. The molecular weight excluding hydrogens is 240 g/mol. The molecule has 1 aliphatic heterocycles. The van der Waals surface area contributed by atoms with E-state index in [9.17, 15) is 4.79 Å². The lowest BCUT2D eigenvalue weighted by Crippen LogP contribution is -2.51. The van der Waals surface area contributed by atoms with Crippen molar-refractivity contribution in [2.75, 3.05) is 26.2 Å². The highest BCUT2D eigenvalue weighted by atomic mass is 16.3. The van der Waals surface area contributed by atoms with Crippen molar-refractivity contribution in [1.29, 1.82) is 0 Å². The van der Waals surface area contributed by atoms with Gasteiger partial charge in [-0.1, -0.05) is 20.8 Å². The van der Waals surface area contributed by atoms with Crippen LogP contribution in [-0.2, 0) is 4.79 Å². The average Bonchev–Trinajstić information content (AvgIpc) is 2.35. The molecule has 0 aromatic heterocycles. The van der Waals surface area contributed by atoms with Crippen LogP contribution >= 0.6 is 0 Å². The molecule has 0 spiro atoms. The molecule has 0 saturated carbocycles. The number of hydrogen-bond acceptors (Lipinski definition) is 3. The smallest absolute Gasteiger partial charge is 0.222 e. The fourth-order valence-electron chi connectivity index (χ4n) is 2.77. The Labute approximate surface area is 117 Å². The Kier molecular flexibility index (Phi) is 7.39. The summed E-state index contributed by atoms with van der Waals surface area (Å²) in [6.45, 7) is 9.19. The van der Waals surface area contributed by atoms with Gasteiger partial charge in [-0.15, -0.1) is 0 Å². The lowest BCUT2D eigenvalue weighted by atomic mass is 9.91. The van der Waals surface area contributed by atoms with Crippen molar-refractivity contribution >= 4 is 5.91 Å². The van der Waals surface area contributed by atoms with Crippen LogP contribution in [0.1, 0.15) is 46.5 Å². The molecule has 0 bridgehead atoms. The largest absolute Gasteiger partial charge is 0.396 e. The maximum Gasteiger partial charge on any atom is 0.222 e. The van der Waals surface area contributed by atoms with E-state index < -0.39 is 0 Å². The van der Waals surface area contributed by atoms with Crippen LogP contribution in [0.25, 0.3) is 0 Å². The van der Waals surface area contributed by atoms with Crippen molar-refractivity contribution < 1.29 is 9.90 Å². The molecule has 1 aliphatic rings. The summed E-state index contributed by atoms with van der Waals surface area (Å²) in [6, 6.07) is 0.390. The third-order valence-electron chi connectivity index (χ3n) is 3.69. The lowest BCUT2D eigenvalue weighted by Gasteiger charge is -2.38. The number of nitrogens with one attached hydrogen (secondary N) is 1. The van der Waals surface area contributed by atoms with E-state index in [4.69, 9.17) is 5.11 Å². The first-order valence-corrected chi connectivity index (χ1v) is 7.68. The predicted molar refractivity (Wildman–Crippen MR) is 77.9 cm³/mol. The molecule has 0 aliphatic carbocycles. The van der Waals surface area contributed by atoms with Gasteiger partial charge in [0, 0.05) is 32.2 Å². The summed E-state index contributed by atoms with van der Waals surface area (Å²) in [5.41, 5.74) is 0. The number of carbonyl (C=O) groups is 1. The van der Waals surface area contributed by atoms with Gasteiger partial charge in [0.15, 0.2) is 0 Å². The average molecular weight is 270 g/mol. The first-order valence-electron chi connectivity index (χ1n) is 7.68. The van der Waals surface area contributed by atoms with Crippen LogP contribution in [0.3, 0.4) is 0 Å². The molecule has 112 valence electrons. The summed E-state index contributed by atoms with van der Waals surface area (Å²) in [6.07, 6.45) is 3.62. The number of likely N-dealkylation sites (tertiary alicyclic amines) is 1. The fourth-order valence-corrected chi connectivity index (χ4v) is 2.77. The van der Waals surface area contributed by atoms with Gasteiger partial charge in [0.2, 0.25) is 5.91 Å². The van der Waals surface area contributed by atoms with Gasteiger partial charge in [-0.3, -0.25) is 4.79 Å². The standard InChI is InChI=1S/C15H30N2O2/c1-4-6-16-14-9-13(5-7-18)10-17(11-14)15(19)8-12(2)3/h12-14,16,18H,4-11H2,1-3H3. The summed E-state index contributed by atoms with van der Waals surface area (Å²) >= 11 is 0. The maximum atomic E-state index is 12.2. The second kappa shape index (κ2) is 8.54. The Hall–Kier alpha value is -0.610. The van der Waals surface area contributed by atoms with E-state index in [1.165, 1.54) is 0 Å². The number of nitrogens with zero attached hydrogens (tertiary/aromatic N) is 1. The zero-order valence-electron chi connectivity index (χ0n) is 12.7. The van der Waals surface area contributed by atoms with E-state index in [-0.39, 0.29) is 12.5 Å². The van der Waals surface area contributed by atoms with Gasteiger partial charge in [0.05, 0.1) is 0 Å². The molecule has 0 radical (unpaired) electrons. The topological polar surface area (TPSA) is 52.6 Å². The van der Waals surface area contributed by atoms with Crippen LogP contribution < -0.4 is 5.32 Å². The molecule has 2 unspecified atom stereocenters. The van der Waals surface area contributed by atoms with Crippen LogP contribution in [0, 0.1) is 11.8 Å². The molecule has 1 heterocycles. The third kappa shape index (κ3) is 5.91. The van der Waals surface area contributed by atoms with Gasteiger partial charge in [-0.25, -0.2) is 0 Å². The van der Waals surface area contributed by atoms with E-state index in [1.807, 2.05) is 4.90 Å². The van der Waals surface area contributed by atoms with Crippen LogP contribution in [0.2, 0.25) is 0 Å². The van der Waals surface area contributed by atoms with E-state index >= 15 is 0 Å². The summed E-state index contributed by atoms with van der Waals surface area (Å²) < 4.78 is 0. The number of aliphatic hydroxyl groups is 1. The summed E-state index contributed by atoms with van der Waals surface area (Å²) in [5.74, 6) is 1.11. The van der Waals surface area contributed by atoms with Crippen LogP contribution in [-0.4, -0.2) is 48.2 Å². The Morgan fingerprint density at radius 1 is 1.42 bits per heavy atom. The summed E-state index contributed by atoms with van der Waals surface area (Å²) in [4.78, 5) is 14.2. The highest BCUT2D eigenvalue weighted by molar-refractivity contribution is 5.76. The Bertz CT molecular complexity index is 269. The molecule has 1 rings (SSSR count). The van der Waals surface area contributed by atoms with Crippen molar-refractivity contribution in [2.24, 2.45) is 11.8 Å². The van der Waals surface area contributed by atoms with E-state index in [1.54, 1.807) is 0 Å². The lowest BCUT2D eigenvalue weighted by molar-refractivity contribution is -0.134. The van der Waals surface area contributed by atoms with Crippen molar-refractivity contribution in [3.8, 4) is 0 Å². The molecule has 0 aromatic carbocycles. The molecule has 1 saturated heterocycles. The molecule has 1 fully saturated rings. The van der Waals surface area contributed by atoms with Crippen molar-refractivity contribution in [2.45, 2.75) is 52.5 Å². The third-order valence-corrected chi connectivity index (χ3v) is 3.69. The summed E-state index contributed by atoms with van der Waals surface area (Å²) in [7, 11) is 0. The summed E-state index contributed by atoms with van der Waals surface area (Å²) in [5, 5.41) is 12.6. The minimum Gasteiger partial charge on any atom is -0.396 e. The first-order chi connectivity index (χ1) is 9.06. The molecule has 4 nitrogen and oxygen atoms in total. The number of hydrogen-bond donors (Lipinski definition) is 2. The zero-order chi connectivity index (χ0) is 14.3. The van der Waals surface area contributed by atoms with Gasteiger partial charge in [-0.2, -0.15) is 0 Å². The normalized spacial score (nSPS) is 23.9. The van der Waals surface area contributed by atoms with Crippen molar-refractivity contribution in [3.63, 3.8) is 0 Å². The Morgan fingerprint density at radius 3 is 2.74 bits per heavy atom. The van der Waals surface area contributed by atoms with Gasteiger partial charge in [0.25, 0.3) is 0 Å². The van der Waals surface area contributed by atoms with Crippen LogP contribution in [0.15, 0.2) is 0 Å². The van der Waals surface area contributed by atoms with Gasteiger partial charge >= 0.3 is 0 Å². The number of piperidine rings is 1. The molecule has 19 heavy (non-hydrogen) atoms. The molecule has 1 amide bonds. The van der Waals surface area contributed by atoms with E-state index in [0.717, 1.165) is 38.9 Å². The number of carbonyl (C=O) groups excluding carboxylic acids is 1. The molecule has 2 N–H and O–H groups in total. The van der Waals surface area contributed by atoms with Crippen molar-refractivity contribution in [3.05, 3.63) is 0 Å². The molecule has 2 atom stereocenters. The van der Waals surface area contributed by atoms with Gasteiger partial charge in [-0.05, 0) is 37.6 Å². The predicted octanol–water partition coefficient (Wildman–Crippen LogP) is 1.63. The Morgan fingerprint density at radius 2 is 2.16 bits per heavy atom. The quantitative estimate of drug-likeness (QED) is 0.739. The van der Waals surface area contributed by atoms with Crippen molar-refractivity contribution in [1.82, 2.24) is 10.2 Å². The van der Waals surface area contributed by atoms with Gasteiger partial charge < -0.3 is 15.3 Å². The SMILES string of the molecule is CCCNC1CC(CCO)CN(C(=O)CC(C)C)C1. The molecule has 0 aromatic rings. The monoisotopic (exact) mass is 270 g/mol. The van der Waals surface area contributed by atoms with Crippen LogP contribution in [0.4, 0.5) is 0 Å². The number of amides is 1. The van der Waals surface area contributed by atoms with E-state index in [0.29, 0.717) is 24.3 Å². The van der Waals surface area contributed by atoms with Gasteiger partial charge in [0.1, 0.15) is 0 Å². The fraction of sp³-hybridized carbons (Fsp3) is 0.933. The minimum absolute atomic E-state index is 0.220. The number of rotatable bonds is 7. The Balaban J connectivity index is 2.56. The van der Waals surface area contributed by atoms with Crippen LogP contribution in [0.5, 0.6) is 0 Å². The zero-order valence-corrected chi connectivity index (χ0v) is 12.7. The first kappa shape index (κ1) is 16.4. The molecular formula is C15H30N2O2. The second-order valence-electron chi connectivity index (χ2n) is 6.16. The molecule has 4 heteroatoms. The number of aliphatic hydroxyl groups excluding tert-OH is 1.